The average Bonchev–Trinajstić information content (AvgIpc) is 2.86. The molecule has 1 aromatic rings. The van der Waals surface area contributed by atoms with Crippen molar-refractivity contribution in [3.63, 3.8) is 0 Å². The second kappa shape index (κ2) is 7.81. The molecule has 1 aliphatic heterocycles. The predicted molar refractivity (Wildman–Crippen MR) is 87.6 cm³/mol. The van der Waals surface area contributed by atoms with Crippen molar-refractivity contribution in [1.29, 1.82) is 0 Å². The first kappa shape index (κ1) is 19.2. The Morgan fingerprint density at radius 2 is 1.88 bits per heavy atom. The number of hydrogen-bond acceptors (Lipinski definition) is 6. The van der Waals surface area contributed by atoms with Crippen molar-refractivity contribution in [3.05, 3.63) is 40.6 Å². The number of aliphatic carboxylic acids is 1. The third kappa shape index (κ3) is 3.58. The molecule has 2 amide bonds. The molecule has 0 saturated carbocycles. The molecule has 0 fully saturated rings. The minimum Gasteiger partial charge on any atom is -0.569 e. The van der Waals surface area contributed by atoms with Crippen LogP contribution in [0.15, 0.2) is 29.5 Å². The second-order valence-electron chi connectivity index (χ2n) is 5.92. The zero-order valence-corrected chi connectivity index (χ0v) is 14.7. The number of hydrazine groups is 1. The van der Waals surface area contributed by atoms with E-state index in [1.165, 1.54) is 19.2 Å². The zero-order chi connectivity index (χ0) is 19.4. The number of carboxylic acid groups (broad SMARTS) is 1. The van der Waals surface area contributed by atoms with Crippen LogP contribution in [0.3, 0.4) is 0 Å². The summed E-state index contributed by atoms with van der Waals surface area (Å²) in [7, 11) is 1.27. The second-order valence-corrected chi connectivity index (χ2v) is 5.92. The summed E-state index contributed by atoms with van der Waals surface area (Å²) >= 11 is 0. The molecule has 0 radical (unpaired) electrons. The number of rotatable bonds is 8. The van der Waals surface area contributed by atoms with Crippen LogP contribution in [-0.2, 0) is 9.63 Å². The van der Waals surface area contributed by atoms with Crippen LogP contribution < -0.4 is 0 Å². The summed E-state index contributed by atoms with van der Waals surface area (Å²) in [5.74, 6) is -2.57. The van der Waals surface area contributed by atoms with Gasteiger partial charge < -0.3 is 15.2 Å². The highest BCUT2D eigenvalue weighted by Gasteiger charge is 2.36. The first-order valence-electron chi connectivity index (χ1n) is 8.00. The van der Waals surface area contributed by atoms with Crippen molar-refractivity contribution in [2.24, 2.45) is 11.2 Å². The lowest BCUT2D eigenvalue weighted by molar-refractivity contribution is -0.712. The van der Waals surface area contributed by atoms with Crippen molar-refractivity contribution >= 4 is 17.8 Å². The molecular weight excluding hydrogens is 344 g/mol. The van der Waals surface area contributed by atoms with Gasteiger partial charge in [-0.05, 0) is 18.1 Å². The number of carboxylic acids is 1. The van der Waals surface area contributed by atoms with Crippen LogP contribution in [0.2, 0.25) is 0 Å². The van der Waals surface area contributed by atoms with Gasteiger partial charge in [-0.25, -0.2) is 9.69 Å². The van der Waals surface area contributed by atoms with Gasteiger partial charge in [-0.15, -0.1) is 5.01 Å². The van der Waals surface area contributed by atoms with Crippen molar-refractivity contribution in [2.75, 3.05) is 13.8 Å². The molecule has 10 heteroatoms. The van der Waals surface area contributed by atoms with Gasteiger partial charge in [-0.1, -0.05) is 32.4 Å². The normalized spacial score (nSPS) is 16.3. The Morgan fingerprint density at radius 1 is 1.35 bits per heavy atom. The van der Waals surface area contributed by atoms with Gasteiger partial charge in [-0.2, -0.15) is 0 Å². The van der Waals surface area contributed by atoms with Crippen molar-refractivity contribution in [3.8, 4) is 0 Å². The minimum atomic E-state index is -1.17. The molecule has 0 aromatic heterocycles. The summed E-state index contributed by atoms with van der Waals surface area (Å²) in [4.78, 5) is 41.2. The van der Waals surface area contributed by atoms with Crippen LogP contribution in [0.4, 0.5) is 0 Å². The molecule has 1 aliphatic rings. The van der Waals surface area contributed by atoms with Crippen LogP contribution >= 0.6 is 0 Å². The van der Waals surface area contributed by atoms with Crippen molar-refractivity contribution in [1.82, 2.24) is 9.91 Å². The van der Waals surface area contributed by atoms with Gasteiger partial charge >= 0.3 is 5.97 Å². The SMILES string of the molecule is CC[C@@H](C)[C@@H](C(=O)O)N(C)/[N+]([O-])=N/OCN1C(=O)c2ccccc2C1=O. The Hall–Kier alpha value is -3.17. The quantitative estimate of drug-likeness (QED) is 0.320. The fourth-order valence-electron chi connectivity index (χ4n) is 2.65. The summed E-state index contributed by atoms with van der Waals surface area (Å²) in [6.45, 7) is 2.95. The molecule has 10 nitrogen and oxygen atoms in total. The van der Waals surface area contributed by atoms with Crippen LogP contribution in [-0.4, -0.2) is 57.6 Å². The molecule has 140 valence electrons. The topological polar surface area (TPSA) is 126 Å². The number of amides is 2. The number of benzene rings is 1. The fraction of sp³-hybridized carbons (Fsp3) is 0.438. The summed E-state index contributed by atoms with van der Waals surface area (Å²) in [5.41, 5.74) is 0.500. The van der Waals surface area contributed by atoms with Crippen LogP contribution in [0.5, 0.6) is 0 Å². The predicted octanol–water partition coefficient (Wildman–Crippen LogP) is 1.48. The molecule has 0 saturated heterocycles. The number of carbonyl (C=O) groups is 3. The third-order valence-corrected chi connectivity index (χ3v) is 4.30. The molecule has 26 heavy (non-hydrogen) atoms. The Morgan fingerprint density at radius 3 is 2.35 bits per heavy atom. The van der Waals surface area contributed by atoms with E-state index < -0.39 is 30.6 Å². The molecule has 0 bridgehead atoms. The number of fused-ring (bicyclic) bond motifs is 1. The highest BCUT2D eigenvalue weighted by Crippen LogP contribution is 2.22. The van der Waals surface area contributed by atoms with Gasteiger partial charge in [0.2, 0.25) is 12.0 Å². The van der Waals surface area contributed by atoms with E-state index in [1.54, 1.807) is 26.0 Å². The molecule has 2 rings (SSSR count). The zero-order valence-electron chi connectivity index (χ0n) is 14.7. The van der Waals surface area contributed by atoms with E-state index in [1.807, 2.05) is 0 Å². The van der Waals surface area contributed by atoms with E-state index in [4.69, 9.17) is 4.84 Å². The van der Waals surface area contributed by atoms with Crippen molar-refractivity contribution < 1.29 is 29.3 Å². The van der Waals surface area contributed by atoms with E-state index in [9.17, 15) is 24.7 Å². The lowest BCUT2D eigenvalue weighted by Crippen LogP contribution is -2.46. The summed E-state index contributed by atoms with van der Waals surface area (Å²) in [6.07, 6.45) is 0.547. The molecule has 0 unspecified atom stereocenters. The first-order valence-corrected chi connectivity index (χ1v) is 8.00. The molecule has 0 aliphatic carbocycles. The standard InChI is InChI=1S/C16H20N4O6/c1-4-10(2)13(16(23)24)18(3)20(25)17-26-9-19-14(21)11-7-5-6-8-12(11)15(19)22/h5-8,10,13H,4,9H2,1-3H3,(H,23,24)/b20-17-/t10-,13+/m1/s1. The van der Waals surface area contributed by atoms with Gasteiger partial charge in [0.15, 0.2) is 6.04 Å². The highest BCUT2D eigenvalue weighted by atomic mass is 16.7. The maximum Gasteiger partial charge on any atom is 0.332 e. The van der Waals surface area contributed by atoms with E-state index in [-0.39, 0.29) is 22.0 Å². The molecule has 1 heterocycles. The number of nitrogens with zero attached hydrogens (tertiary/aromatic N) is 4. The Labute approximate surface area is 149 Å². The molecular formula is C16H20N4O6. The van der Waals surface area contributed by atoms with Crippen molar-refractivity contribution in [2.45, 2.75) is 26.3 Å². The molecule has 0 spiro atoms. The number of likely N-dealkylation sites (N-methyl/N-ethyl adjacent to an activating group) is 1. The Balaban J connectivity index is 2.03. The Bertz CT molecular complexity index is 715. The maximum atomic E-state index is 12.1. The molecule has 2 atom stereocenters. The number of carbonyl (C=O) groups excluding carboxylic acids is 2. The largest absolute Gasteiger partial charge is 0.569 e. The maximum absolute atomic E-state index is 12.1. The van der Waals surface area contributed by atoms with Crippen LogP contribution in [0.25, 0.3) is 0 Å². The van der Waals surface area contributed by atoms with Crippen LogP contribution in [0.1, 0.15) is 41.0 Å². The summed E-state index contributed by atoms with van der Waals surface area (Å²) < 4.78 is 0. The van der Waals surface area contributed by atoms with Gasteiger partial charge in [0.25, 0.3) is 11.8 Å². The molecule has 1 aromatic carbocycles. The Kier molecular flexibility index (Phi) is 5.75. The van der Waals surface area contributed by atoms with Gasteiger partial charge in [0.1, 0.15) is 0 Å². The summed E-state index contributed by atoms with van der Waals surface area (Å²) in [6, 6.07) is 5.21. The number of hydrogen-bond donors (Lipinski definition) is 1. The monoisotopic (exact) mass is 364 g/mol. The van der Waals surface area contributed by atoms with E-state index >= 15 is 0 Å². The van der Waals surface area contributed by atoms with Crippen LogP contribution in [0, 0.1) is 11.1 Å². The third-order valence-electron chi connectivity index (χ3n) is 4.30. The van der Waals surface area contributed by atoms with Gasteiger partial charge in [-0.3, -0.25) is 9.59 Å². The van der Waals surface area contributed by atoms with Gasteiger partial charge in [0, 0.05) is 0 Å². The average molecular weight is 364 g/mol. The molecule has 1 N–H and O–H groups in total. The summed E-state index contributed by atoms with van der Waals surface area (Å²) in [5, 5.41) is 25.3. The van der Waals surface area contributed by atoms with Gasteiger partial charge in [0.05, 0.1) is 23.1 Å². The fourth-order valence-corrected chi connectivity index (χ4v) is 2.65. The van der Waals surface area contributed by atoms with E-state index in [2.05, 4.69) is 5.28 Å². The smallest absolute Gasteiger partial charge is 0.332 e. The lowest BCUT2D eigenvalue weighted by Gasteiger charge is -2.24. The van der Waals surface area contributed by atoms with E-state index in [0.29, 0.717) is 6.42 Å². The van der Waals surface area contributed by atoms with E-state index in [0.717, 1.165) is 9.91 Å². The first-order chi connectivity index (χ1) is 12.3. The number of imide groups is 1. The minimum absolute atomic E-state index is 0.0108. The lowest BCUT2D eigenvalue weighted by atomic mass is 9.99. The highest BCUT2D eigenvalue weighted by molar-refractivity contribution is 6.21.